The summed E-state index contributed by atoms with van der Waals surface area (Å²) in [5.41, 5.74) is 0.451. The molecule has 19 heavy (non-hydrogen) atoms. The molecule has 0 spiro atoms. The van der Waals surface area contributed by atoms with Gasteiger partial charge in [0, 0.05) is 32.6 Å². The first kappa shape index (κ1) is 15.2. The van der Waals surface area contributed by atoms with Crippen LogP contribution in [-0.2, 0) is 9.53 Å². The highest BCUT2D eigenvalue weighted by molar-refractivity contribution is 5.95. The fourth-order valence-corrected chi connectivity index (χ4v) is 1.76. The Morgan fingerprint density at radius 2 is 2.05 bits per heavy atom. The predicted molar refractivity (Wildman–Crippen MR) is 65.6 cm³/mol. The number of ether oxygens (including phenoxy) is 1. The minimum Gasteiger partial charge on any atom is -0.550 e. The lowest BCUT2D eigenvalue weighted by molar-refractivity contribution is -0.305. The van der Waals surface area contributed by atoms with E-state index in [2.05, 4.69) is 0 Å². The van der Waals surface area contributed by atoms with E-state index < -0.39 is 5.97 Å². The number of carbonyl (C=O) groups is 2. The van der Waals surface area contributed by atoms with Gasteiger partial charge >= 0.3 is 0 Å². The normalized spacial score (nSPS) is 10.5. The molecule has 0 aliphatic heterocycles. The van der Waals surface area contributed by atoms with E-state index in [1.807, 2.05) is 0 Å². The molecule has 1 rings (SSSR count). The molecule has 0 aliphatic carbocycles. The van der Waals surface area contributed by atoms with Gasteiger partial charge in [-0.1, -0.05) is 0 Å². The van der Waals surface area contributed by atoms with Gasteiger partial charge < -0.3 is 24.0 Å². The van der Waals surface area contributed by atoms with Crippen molar-refractivity contribution in [2.75, 3.05) is 26.8 Å². The molecule has 0 fully saturated rings. The Balaban J connectivity index is 2.80. The van der Waals surface area contributed by atoms with Crippen LogP contribution < -0.4 is 5.11 Å². The number of amides is 1. The molecule has 0 aromatic carbocycles. The van der Waals surface area contributed by atoms with Crippen molar-refractivity contribution in [2.45, 2.75) is 20.3 Å². The Morgan fingerprint density at radius 1 is 1.37 bits per heavy atom. The Labute approximate surface area is 112 Å². The molecule has 1 amide bonds. The molecule has 0 N–H and O–H groups in total. The van der Waals surface area contributed by atoms with Crippen LogP contribution in [0.5, 0.6) is 0 Å². The third-order valence-electron chi connectivity index (χ3n) is 2.71. The number of aryl methyl sites for hydroxylation is 2. The molecule has 0 saturated carbocycles. The van der Waals surface area contributed by atoms with Crippen molar-refractivity contribution >= 4 is 11.9 Å². The van der Waals surface area contributed by atoms with Gasteiger partial charge in [0.15, 0.2) is 0 Å². The Morgan fingerprint density at radius 3 is 2.53 bits per heavy atom. The summed E-state index contributed by atoms with van der Waals surface area (Å²) in [7, 11) is 1.52. The maximum atomic E-state index is 12.3. The molecule has 0 bridgehead atoms. The Bertz CT molecular complexity index is 452. The molecule has 0 atom stereocenters. The van der Waals surface area contributed by atoms with E-state index in [0.717, 1.165) is 0 Å². The number of aliphatic carboxylic acids is 1. The first-order valence-electron chi connectivity index (χ1n) is 6.00. The number of hydrogen-bond donors (Lipinski definition) is 0. The second kappa shape index (κ2) is 6.94. The van der Waals surface area contributed by atoms with E-state index in [1.54, 1.807) is 19.9 Å². The van der Waals surface area contributed by atoms with Gasteiger partial charge in [0.1, 0.15) is 11.5 Å². The molecular formula is C13H18NO5-. The second-order valence-corrected chi connectivity index (χ2v) is 4.23. The van der Waals surface area contributed by atoms with Gasteiger partial charge in [0.05, 0.1) is 12.2 Å². The predicted octanol–water partition coefficient (Wildman–Crippen LogP) is 0.125. The van der Waals surface area contributed by atoms with E-state index in [-0.39, 0.29) is 18.9 Å². The van der Waals surface area contributed by atoms with Crippen LogP contribution in [0.3, 0.4) is 0 Å². The van der Waals surface area contributed by atoms with Crippen LogP contribution in [0.2, 0.25) is 0 Å². The molecule has 0 radical (unpaired) electrons. The molecule has 0 unspecified atom stereocenters. The van der Waals surface area contributed by atoms with Crippen LogP contribution in [0.1, 0.15) is 28.3 Å². The molecule has 1 heterocycles. The van der Waals surface area contributed by atoms with Crippen molar-refractivity contribution in [3.63, 3.8) is 0 Å². The van der Waals surface area contributed by atoms with E-state index in [4.69, 9.17) is 9.15 Å². The Kier molecular flexibility index (Phi) is 5.57. The summed E-state index contributed by atoms with van der Waals surface area (Å²) in [5.74, 6) is -0.270. The third-order valence-corrected chi connectivity index (χ3v) is 2.71. The smallest absolute Gasteiger partial charge is 0.257 e. The molecule has 1 aromatic heterocycles. The average Bonchev–Trinajstić information content (AvgIpc) is 2.67. The quantitative estimate of drug-likeness (QED) is 0.701. The number of nitrogens with zero attached hydrogens (tertiary/aromatic N) is 1. The topological polar surface area (TPSA) is 82.8 Å². The average molecular weight is 268 g/mol. The number of methoxy groups -OCH3 is 1. The third kappa shape index (κ3) is 4.40. The zero-order valence-corrected chi connectivity index (χ0v) is 11.4. The molecule has 0 saturated heterocycles. The fourth-order valence-electron chi connectivity index (χ4n) is 1.76. The lowest BCUT2D eigenvalue weighted by Crippen LogP contribution is -2.37. The highest BCUT2D eigenvalue weighted by Gasteiger charge is 2.20. The number of carboxylic acids is 1. The standard InChI is InChI=1S/C13H19NO5/c1-9-8-11(10(2)19-9)13(17)14(6-7-18-3)5-4-12(15)16/h8H,4-7H2,1-3H3,(H,15,16)/p-1. The minimum absolute atomic E-state index is 0.0915. The van der Waals surface area contributed by atoms with Gasteiger partial charge in [-0.25, -0.2) is 0 Å². The van der Waals surface area contributed by atoms with Crippen molar-refractivity contribution in [1.29, 1.82) is 0 Å². The van der Waals surface area contributed by atoms with Crippen molar-refractivity contribution in [3.05, 3.63) is 23.2 Å². The summed E-state index contributed by atoms with van der Waals surface area (Å²) in [6.45, 7) is 4.22. The maximum Gasteiger partial charge on any atom is 0.257 e. The van der Waals surface area contributed by atoms with Crippen molar-refractivity contribution in [2.24, 2.45) is 0 Å². The van der Waals surface area contributed by atoms with Crippen molar-refractivity contribution < 1.29 is 23.8 Å². The monoisotopic (exact) mass is 268 g/mol. The van der Waals surface area contributed by atoms with E-state index in [9.17, 15) is 14.7 Å². The highest BCUT2D eigenvalue weighted by Crippen LogP contribution is 2.16. The lowest BCUT2D eigenvalue weighted by atomic mass is 10.2. The van der Waals surface area contributed by atoms with Crippen molar-refractivity contribution in [3.8, 4) is 0 Å². The van der Waals surface area contributed by atoms with Crippen LogP contribution in [-0.4, -0.2) is 43.6 Å². The first-order valence-corrected chi connectivity index (χ1v) is 6.00. The summed E-state index contributed by atoms with van der Waals surface area (Å²) in [6, 6.07) is 1.65. The number of carboxylic acid groups (broad SMARTS) is 1. The molecule has 0 aliphatic rings. The number of carbonyl (C=O) groups excluding carboxylic acids is 2. The van der Waals surface area contributed by atoms with Gasteiger partial charge in [-0.2, -0.15) is 0 Å². The van der Waals surface area contributed by atoms with E-state index in [0.29, 0.717) is 30.2 Å². The first-order chi connectivity index (χ1) is 8.95. The number of hydrogen-bond acceptors (Lipinski definition) is 5. The molecule has 1 aromatic rings. The summed E-state index contributed by atoms with van der Waals surface area (Å²) < 4.78 is 10.2. The van der Waals surface area contributed by atoms with Crippen molar-refractivity contribution in [1.82, 2.24) is 4.90 Å². The van der Waals surface area contributed by atoms with Crippen LogP contribution in [0.15, 0.2) is 10.5 Å². The summed E-state index contributed by atoms with van der Waals surface area (Å²) in [4.78, 5) is 24.2. The van der Waals surface area contributed by atoms with Crippen LogP contribution in [0.25, 0.3) is 0 Å². The number of furan rings is 1. The highest BCUT2D eigenvalue weighted by atomic mass is 16.5. The molecule has 6 heteroatoms. The number of rotatable bonds is 7. The molecule has 6 nitrogen and oxygen atoms in total. The van der Waals surface area contributed by atoms with Gasteiger partial charge in [0.2, 0.25) is 0 Å². The minimum atomic E-state index is -1.18. The zero-order chi connectivity index (χ0) is 14.4. The molecular weight excluding hydrogens is 250 g/mol. The van der Waals surface area contributed by atoms with Gasteiger partial charge in [-0.15, -0.1) is 0 Å². The van der Waals surface area contributed by atoms with Crippen LogP contribution in [0.4, 0.5) is 0 Å². The summed E-state index contributed by atoms with van der Waals surface area (Å²) in [6.07, 6.45) is -0.203. The Hall–Kier alpha value is -1.82. The van der Waals surface area contributed by atoms with Gasteiger partial charge in [0.25, 0.3) is 5.91 Å². The lowest BCUT2D eigenvalue weighted by Gasteiger charge is -2.22. The van der Waals surface area contributed by atoms with Crippen LogP contribution in [0, 0.1) is 13.8 Å². The fraction of sp³-hybridized carbons (Fsp3) is 0.538. The summed E-state index contributed by atoms with van der Waals surface area (Å²) in [5, 5.41) is 10.5. The zero-order valence-electron chi connectivity index (χ0n) is 11.4. The van der Waals surface area contributed by atoms with Crippen LogP contribution >= 0.6 is 0 Å². The SMILES string of the molecule is COCCN(CCC(=O)[O-])C(=O)c1cc(C)oc1C. The maximum absolute atomic E-state index is 12.3. The van der Waals surface area contributed by atoms with E-state index in [1.165, 1.54) is 12.0 Å². The van der Waals surface area contributed by atoms with E-state index >= 15 is 0 Å². The molecule has 106 valence electrons. The largest absolute Gasteiger partial charge is 0.550 e. The van der Waals surface area contributed by atoms with Gasteiger partial charge in [-0.05, 0) is 19.9 Å². The second-order valence-electron chi connectivity index (χ2n) is 4.23. The summed E-state index contributed by atoms with van der Waals surface area (Å²) >= 11 is 0. The van der Waals surface area contributed by atoms with Gasteiger partial charge in [-0.3, -0.25) is 4.79 Å².